The third kappa shape index (κ3) is 4.78. The fourth-order valence-electron chi connectivity index (χ4n) is 1.97. The van der Waals surface area contributed by atoms with Crippen LogP contribution in [0.15, 0.2) is 0 Å². The highest BCUT2D eigenvalue weighted by molar-refractivity contribution is 5.89. The molecule has 1 fully saturated rings. The van der Waals surface area contributed by atoms with Gasteiger partial charge in [-0.3, -0.25) is 9.59 Å². The normalized spacial score (nSPS) is 20.0. The van der Waals surface area contributed by atoms with Crippen LogP contribution in [0.5, 0.6) is 0 Å². The number of carbonyl (C=O) groups excluding carboxylic acids is 2. The summed E-state index contributed by atoms with van der Waals surface area (Å²) in [6.45, 7) is 1.28. The first-order valence-electron chi connectivity index (χ1n) is 6.41. The Morgan fingerprint density at radius 1 is 1.55 bits per heavy atom. The maximum atomic E-state index is 11.8. The fourth-order valence-corrected chi connectivity index (χ4v) is 1.97. The van der Waals surface area contributed by atoms with E-state index in [1.54, 1.807) is 12.0 Å². The highest BCUT2D eigenvalue weighted by Crippen LogP contribution is 2.17. The molecule has 3 N–H and O–H groups in total. The third-order valence-electron chi connectivity index (χ3n) is 3.15. The third-order valence-corrected chi connectivity index (χ3v) is 3.15. The van der Waals surface area contributed by atoms with E-state index in [4.69, 9.17) is 14.9 Å². The van der Waals surface area contributed by atoms with Gasteiger partial charge in [-0.05, 0) is 0 Å². The van der Waals surface area contributed by atoms with Crippen molar-refractivity contribution in [3.63, 3.8) is 0 Å². The number of likely N-dealkylation sites (tertiary alicyclic amines) is 1. The maximum absolute atomic E-state index is 11.8. The molecule has 8 nitrogen and oxygen atoms in total. The molecule has 0 aromatic rings. The number of nitrogens with one attached hydrogen (secondary N) is 1. The summed E-state index contributed by atoms with van der Waals surface area (Å²) in [4.78, 5) is 35.4. The lowest BCUT2D eigenvalue weighted by atomic mass is 10.1. The zero-order chi connectivity index (χ0) is 15.1. The molecule has 0 radical (unpaired) electrons. The summed E-state index contributed by atoms with van der Waals surface area (Å²) in [5.41, 5.74) is 0. The Balaban J connectivity index is 2.31. The second kappa shape index (κ2) is 7.81. The van der Waals surface area contributed by atoms with E-state index in [1.165, 1.54) is 0 Å². The van der Waals surface area contributed by atoms with Crippen LogP contribution in [0.2, 0.25) is 0 Å². The number of aliphatic carboxylic acids is 1. The van der Waals surface area contributed by atoms with Crippen LogP contribution < -0.4 is 5.32 Å². The van der Waals surface area contributed by atoms with Gasteiger partial charge in [-0.25, -0.2) is 4.79 Å². The number of aliphatic hydroxyl groups is 1. The van der Waals surface area contributed by atoms with E-state index >= 15 is 0 Å². The van der Waals surface area contributed by atoms with Crippen molar-refractivity contribution in [3.8, 4) is 0 Å². The highest BCUT2D eigenvalue weighted by Gasteiger charge is 2.33. The number of hydrogen-bond donors (Lipinski definition) is 3. The summed E-state index contributed by atoms with van der Waals surface area (Å²) in [5, 5.41) is 20.1. The molecule has 1 saturated heterocycles. The van der Waals surface area contributed by atoms with E-state index in [0.717, 1.165) is 0 Å². The summed E-state index contributed by atoms with van der Waals surface area (Å²) in [6, 6.07) is 0. The van der Waals surface area contributed by atoms with Crippen molar-refractivity contribution in [1.82, 2.24) is 10.2 Å². The Kier molecular flexibility index (Phi) is 6.40. The Labute approximate surface area is 116 Å². The molecule has 0 bridgehead atoms. The van der Waals surface area contributed by atoms with E-state index < -0.39 is 18.0 Å². The summed E-state index contributed by atoms with van der Waals surface area (Å²) in [6.07, 6.45) is -1.40. The van der Waals surface area contributed by atoms with E-state index in [1.807, 2.05) is 0 Å². The predicted octanol–water partition coefficient (Wildman–Crippen LogP) is -1.57. The van der Waals surface area contributed by atoms with Crippen LogP contribution in [0.1, 0.15) is 12.8 Å². The minimum atomic E-state index is -1.49. The van der Waals surface area contributed by atoms with Gasteiger partial charge in [0.1, 0.15) is 0 Å². The molecule has 1 unspecified atom stereocenters. The molecule has 0 aromatic heterocycles. The predicted molar refractivity (Wildman–Crippen MR) is 67.8 cm³/mol. The van der Waals surface area contributed by atoms with Gasteiger partial charge in [0.2, 0.25) is 11.8 Å². The van der Waals surface area contributed by atoms with Crippen molar-refractivity contribution in [2.75, 3.05) is 33.4 Å². The van der Waals surface area contributed by atoms with E-state index in [-0.39, 0.29) is 31.2 Å². The lowest BCUT2D eigenvalue weighted by Gasteiger charge is -2.16. The van der Waals surface area contributed by atoms with Gasteiger partial charge in [0.15, 0.2) is 6.10 Å². The molecule has 20 heavy (non-hydrogen) atoms. The largest absolute Gasteiger partial charge is 0.479 e. The molecule has 0 aliphatic carbocycles. The van der Waals surface area contributed by atoms with Crippen LogP contribution >= 0.6 is 0 Å². The van der Waals surface area contributed by atoms with Gasteiger partial charge in [-0.1, -0.05) is 0 Å². The van der Waals surface area contributed by atoms with Crippen molar-refractivity contribution in [1.29, 1.82) is 0 Å². The molecule has 2 amide bonds. The number of methoxy groups -OCH3 is 1. The zero-order valence-corrected chi connectivity index (χ0v) is 11.4. The molecule has 0 saturated carbocycles. The van der Waals surface area contributed by atoms with Crippen molar-refractivity contribution in [2.24, 2.45) is 5.92 Å². The molecule has 114 valence electrons. The molecular formula is C12H20N2O6. The Bertz CT molecular complexity index is 373. The summed E-state index contributed by atoms with van der Waals surface area (Å²) >= 11 is 0. The molecule has 1 aliphatic heterocycles. The summed E-state index contributed by atoms with van der Waals surface area (Å²) in [5.74, 6) is -2.13. The molecule has 0 spiro atoms. The van der Waals surface area contributed by atoms with Crippen molar-refractivity contribution < 1.29 is 29.3 Å². The van der Waals surface area contributed by atoms with E-state index in [9.17, 15) is 14.4 Å². The van der Waals surface area contributed by atoms with Crippen molar-refractivity contribution >= 4 is 17.8 Å². The topological polar surface area (TPSA) is 116 Å². The quantitative estimate of drug-likeness (QED) is 0.497. The maximum Gasteiger partial charge on any atom is 0.332 e. The second-order valence-electron chi connectivity index (χ2n) is 4.67. The van der Waals surface area contributed by atoms with Gasteiger partial charge in [0, 0.05) is 39.6 Å². The first kappa shape index (κ1) is 16.4. The van der Waals surface area contributed by atoms with Gasteiger partial charge in [-0.15, -0.1) is 0 Å². The Morgan fingerprint density at radius 2 is 2.25 bits per heavy atom. The standard InChI is InChI=1S/C12H20N2O6/c1-20-5-4-14-7-8(6-10(14)16)11(17)13-3-2-9(15)12(18)19/h8-9,15H,2-7H2,1H3,(H,13,17)(H,18,19)/t8?,9-/m0/s1. The average molecular weight is 288 g/mol. The number of aliphatic hydroxyl groups excluding tert-OH is 1. The number of carboxylic acids is 1. The lowest BCUT2D eigenvalue weighted by Crippen LogP contribution is -2.36. The molecule has 2 atom stereocenters. The minimum Gasteiger partial charge on any atom is -0.479 e. The molecule has 1 rings (SSSR count). The number of amides is 2. The zero-order valence-electron chi connectivity index (χ0n) is 11.4. The van der Waals surface area contributed by atoms with Gasteiger partial charge in [0.05, 0.1) is 12.5 Å². The smallest absolute Gasteiger partial charge is 0.332 e. The van der Waals surface area contributed by atoms with Crippen LogP contribution in [-0.4, -0.2) is 72.4 Å². The molecular weight excluding hydrogens is 268 g/mol. The number of ether oxygens (including phenoxy) is 1. The summed E-state index contributed by atoms with van der Waals surface area (Å²) < 4.78 is 4.88. The van der Waals surface area contributed by atoms with E-state index in [0.29, 0.717) is 19.7 Å². The molecule has 1 aliphatic rings. The second-order valence-corrected chi connectivity index (χ2v) is 4.67. The number of carboxylic acid groups (broad SMARTS) is 1. The Morgan fingerprint density at radius 3 is 2.85 bits per heavy atom. The van der Waals surface area contributed by atoms with Crippen LogP contribution in [0, 0.1) is 5.92 Å². The number of rotatable bonds is 8. The average Bonchev–Trinajstić information content (AvgIpc) is 2.77. The van der Waals surface area contributed by atoms with Crippen molar-refractivity contribution in [3.05, 3.63) is 0 Å². The highest BCUT2D eigenvalue weighted by atomic mass is 16.5. The minimum absolute atomic E-state index is 0.0604. The van der Waals surface area contributed by atoms with E-state index in [2.05, 4.69) is 5.32 Å². The fraction of sp³-hybridized carbons (Fsp3) is 0.750. The lowest BCUT2D eigenvalue weighted by molar-refractivity contribution is -0.147. The van der Waals surface area contributed by atoms with Gasteiger partial charge >= 0.3 is 5.97 Å². The van der Waals surface area contributed by atoms with Gasteiger partial charge in [0.25, 0.3) is 0 Å². The van der Waals surface area contributed by atoms with Gasteiger partial charge in [-0.2, -0.15) is 0 Å². The number of carbonyl (C=O) groups is 3. The molecule has 1 heterocycles. The first-order chi connectivity index (χ1) is 9.45. The van der Waals surface area contributed by atoms with Crippen molar-refractivity contribution in [2.45, 2.75) is 18.9 Å². The van der Waals surface area contributed by atoms with Crippen LogP contribution in [0.3, 0.4) is 0 Å². The van der Waals surface area contributed by atoms with Crippen LogP contribution in [0.25, 0.3) is 0 Å². The summed E-state index contributed by atoms with van der Waals surface area (Å²) in [7, 11) is 1.54. The number of hydrogen-bond acceptors (Lipinski definition) is 5. The van der Waals surface area contributed by atoms with Crippen LogP contribution in [-0.2, 0) is 19.1 Å². The number of nitrogens with zero attached hydrogens (tertiary/aromatic N) is 1. The molecule has 0 aromatic carbocycles. The monoisotopic (exact) mass is 288 g/mol. The first-order valence-corrected chi connectivity index (χ1v) is 6.41. The Hall–Kier alpha value is -1.67. The molecule has 8 heteroatoms. The SMILES string of the molecule is COCCN1CC(C(=O)NCC[C@H](O)C(=O)O)CC1=O. The van der Waals surface area contributed by atoms with Crippen LogP contribution in [0.4, 0.5) is 0 Å². The van der Waals surface area contributed by atoms with Gasteiger partial charge < -0.3 is 25.2 Å².